The number of ether oxygens (including phenoxy) is 1. The van der Waals surface area contributed by atoms with Crippen LogP contribution >= 0.6 is 0 Å². The smallest absolute Gasteiger partial charge is 0.251 e. The van der Waals surface area contributed by atoms with Crippen molar-refractivity contribution in [2.45, 2.75) is 0 Å². The van der Waals surface area contributed by atoms with Crippen LogP contribution < -0.4 is 10.1 Å². The first-order valence-electron chi connectivity index (χ1n) is 7.66. The van der Waals surface area contributed by atoms with Crippen molar-refractivity contribution in [1.82, 2.24) is 0 Å². The van der Waals surface area contributed by atoms with E-state index in [1.807, 2.05) is 84.9 Å². The molecule has 0 aliphatic carbocycles. The molecule has 3 aromatic rings. The van der Waals surface area contributed by atoms with Gasteiger partial charge >= 0.3 is 0 Å². The molecule has 3 heteroatoms. The van der Waals surface area contributed by atoms with Crippen molar-refractivity contribution in [3.63, 3.8) is 0 Å². The minimum atomic E-state index is -0.240. The lowest BCUT2D eigenvalue weighted by Crippen LogP contribution is -2.08. The van der Waals surface area contributed by atoms with E-state index in [2.05, 4.69) is 5.32 Å². The van der Waals surface area contributed by atoms with E-state index < -0.39 is 0 Å². The molecule has 0 atom stereocenters. The van der Waals surface area contributed by atoms with Crippen LogP contribution in [0, 0.1) is 0 Å². The monoisotopic (exact) mass is 315 g/mol. The number of rotatable bonds is 5. The fourth-order valence-electron chi connectivity index (χ4n) is 2.26. The summed E-state index contributed by atoms with van der Waals surface area (Å²) in [5, 5.41) is 2.83. The Bertz CT molecular complexity index is 827. The lowest BCUT2D eigenvalue weighted by atomic mass is 10.1. The van der Waals surface area contributed by atoms with Gasteiger partial charge in [0.1, 0.15) is 5.75 Å². The summed E-state index contributed by atoms with van der Waals surface area (Å²) < 4.78 is 5.37. The molecule has 0 radical (unpaired) electrons. The molecule has 0 saturated heterocycles. The molecule has 0 aliphatic rings. The minimum Gasteiger partial charge on any atom is -0.465 e. The molecular formula is C21H17NO2. The second-order valence-corrected chi connectivity index (χ2v) is 5.17. The Morgan fingerprint density at radius 2 is 1.46 bits per heavy atom. The van der Waals surface area contributed by atoms with Crippen LogP contribution in [0.15, 0.2) is 97.3 Å². The van der Waals surface area contributed by atoms with Crippen LogP contribution in [0.25, 0.3) is 11.1 Å². The molecule has 1 N–H and O–H groups in total. The van der Waals surface area contributed by atoms with Gasteiger partial charge in [0.15, 0.2) is 0 Å². The first kappa shape index (κ1) is 15.6. The molecular weight excluding hydrogens is 298 g/mol. The Kier molecular flexibility index (Phi) is 5.05. The van der Waals surface area contributed by atoms with Gasteiger partial charge < -0.3 is 10.1 Å². The van der Waals surface area contributed by atoms with Crippen molar-refractivity contribution in [3.05, 3.63) is 97.3 Å². The highest BCUT2D eigenvalue weighted by Gasteiger charge is 2.01. The van der Waals surface area contributed by atoms with Gasteiger partial charge in [-0.05, 0) is 35.4 Å². The summed E-state index contributed by atoms with van der Waals surface area (Å²) in [4.78, 5) is 12.0. The molecule has 0 fully saturated rings. The van der Waals surface area contributed by atoms with E-state index in [4.69, 9.17) is 4.74 Å². The third kappa shape index (κ3) is 4.34. The van der Waals surface area contributed by atoms with Gasteiger partial charge in [-0.2, -0.15) is 0 Å². The van der Waals surface area contributed by atoms with Gasteiger partial charge in [0.05, 0.1) is 6.26 Å². The molecule has 3 aromatic carbocycles. The zero-order chi connectivity index (χ0) is 16.6. The number of nitrogens with one attached hydrogen (secondary N) is 1. The zero-order valence-corrected chi connectivity index (χ0v) is 13.1. The summed E-state index contributed by atoms with van der Waals surface area (Å²) in [6.07, 6.45) is 2.74. The number of benzene rings is 3. The number of amides is 1. The molecule has 0 heterocycles. The summed E-state index contributed by atoms with van der Waals surface area (Å²) in [5.41, 5.74) is 2.90. The fraction of sp³-hybridized carbons (Fsp3) is 0. The maximum absolute atomic E-state index is 12.0. The Hall–Kier alpha value is -3.33. The molecule has 1 amide bonds. The van der Waals surface area contributed by atoms with Gasteiger partial charge in [0, 0.05) is 11.8 Å². The van der Waals surface area contributed by atoms with Gasteiger partial charge in [-0.25, -0.2) is 0 Å². The quantitative estimate of drug-likeness (QED) is 0.538. The summed E-state index contributed by atoms with van der Waals surface area (Å²) in [7, 11) is 0. The second-order valence-electron chi connectivity index (χ2n) is 5.17. The zero-order valence-electron chi connectivity index (χ0n) is 13.1. The van der Waals surface area contributed by atoms with E-state index in [9.17, 15) is 4.79 Å². The third-order valence-electron chi connectivity index (χ3n) is 3.40. The van der Waals surface area contributed by atoms with Crippen molar-refractivity contribution in [2.75, 3.05) is 5.32 Å². The normalized spacial score (nSPS) is 10.5. The fourth-order valence-corrected chi connectivity index (χ4v) is 2.26. The number of carbonyl (C=O) groups is 1. The Morgan fingerprint density at radius 3 is 2.21 bits per heavy atom. The number of para-hydroxylation sites is 1. The van der Waals surface area contributed by atoms with Gasteiger partial charge in [-0.15, -0.1) is 0 Å². The van der Waals surface area contributed by atoms with E-state index in [-0.39, 0.29) is 5.91 Å². The molecule has 0 saturated carbocycles. The number of anilines is 1. The molecule has 3 nitrogen and oxygen atoms in total. The number of carbonyl (C=O) groups excluding carboxylic acids is 1. The van der Waals surface area contributed by atoms with Crippen molar-refractivity contribution in [2.24, 2.45) is 0 Å². The SMILES string of the molecule is O=C(C=COc1ccccc1)Nc1cccc(-c2ccccc2)c1. The first-order chi connectivity index (χ1) is 11.8. The molecule has 0 bridgehead atoms. The average Bonchev–Trinajstić information content (AvgIpc) is 2.63. The molecule has 24 heavy (non-hydrogen) atoms. The maximum atomic E-state index is 12.0. The van der Waals surface area contributed by atoms with Crippen LogP contribution in [0.1, 0.15) is 0 Å². The summed E-state index contributed by atoms with van der Waals surface area (Å²) in [6, 6.07) is 27.1. The van der Waals surface area contributed by atoms with Crippen LogP contribution in [0.5, 0.6) is 5.75 Å². The van der Waals surface area contributed by atoms with Crippen LogP contribution in [-0.4, -0.2) is 5.91 Å². The molecule has 0 unspecified atom stereocenters. The van der Waals surface area contributed by atoms with E-state index >= 15 is 0 Å². The van der Waals surface area contributed by atoms with Crippen LogP contribution in [-0.2, 0) is 4.79 Å². The largest absolute Gasteiger partial charge is 0.465 e. The molecule has 118 valence electrons. The highest BCUT2D eigenvalue weighted by molar-refractivity contribution is 5.99. The average molecular weight is 315 g/mol. The van der Waals surface area contributed by atoms with Crippen LogP contribution in [0.4, 0.5) is 5.69 Å². The highest BCUT2D eigenvalue weighted by Crippen LogP contribution is 2.22. The summed E-state index contributed by atoms with van der Waals surface area (Å²) >= 11 is 0. The summed E-state index contributed by atoms with van der Waals surface area (Å²) in [5.74, 6) is 0.448. The molecule has 0 aromatic heterocycles. The lowest BCUT2D eigenvalue weighted by molar-refractivity contribution is -0.112. The van der Waals surface area contributed by atoms with Crippen LogP contribution in [0.3, 0.4) is 0 Å². The lowest BCUT2D eigenvalue weighted by Gasteiger charge is -2.06. The number of hydrogen-bond acceptors (Lipinski definition) is 2. The van der Waals surface area contributed by atoms with Gasteiger partial charge in [-0.1, -0.05) is 60.7 Å². The molecule has 0 spiro atoms. The third-order valence-corrected chi connectivity index (χ3v) is 3.40. The first-order valence-corrected chi connectivity index (χ1v) is 7.66. The molecule has 3 rings (SSSR count). The van der Waals surface area contributed by atoms with E-state index in [1.54, 1.807) is 0 Å². The van der Waals surface area contributed by atoms with Crippen molar-refractivity contribution < 1.29 is 9.53 Å². The van der Waals surface area contributed by atoms with E-state index in [0.29, 0.717) is 5.75 Å². The molecule has 0 aliphatic heterocycles. The van der Waals surface area contributed by atoms with Gasteiger partial charge in [0.2, 0.25) is 0 Å². The van der Waals surface area contributed by atoms with Crippen molar-refractivity contribution in [1.29, 1.82) is 0 Å². The van der Waals surface area contributed by atoms with E-state index in [1.165, 1.54) is 12.3 Å². The van der Waals surface area contributed by atoms with E-state index in [0.717, 1.165) is 16.8 Å². The van der Waals surface area contributed by atoms with Gasteiger partial charge in [-0.3, -0.25) is 4.79 Å². The topological polar surface area (TPSA) is 38.3 Å². The Balaban J connectivity index is 1.62. The predicted octanol–water partition coefficient (Wildman–Crippen LogP) is 4.88. The van der Waals surface area contributed by atoms with Crippen molar-refractivity contribution in [3.8, 4) is 16.9 Å². The Labute approximate surface area is 141 Å². The van der Waals surface area contributed by atoms with Crippen LogP contribution in [0.2, 0.25) is 0 Å². The summed E-state index contributed by atoms with van der Waals surface area (Å²) in [6.45, 7) is 0. The number of hydrogen-bond donors (Lipinski definition) is 1. The Morgan fingerprint density at radius 1 is 0.792 bits per heavy atom. The highest BCUT2D eigenvalue weighted by atomic mass is 16.5. The minimum absolute atomic E-state index is 0.240. The van der Waals surface area contributed by atoms with Crippen molar-refractivity contribution >= 4 is 11.6 Å². The second kappa shape index (κ2) is 7.79. The van der Waals surface area contributed by atoms with Gasteiger partial charge in [0.25, 0.3) is 5.91 Å². The standard InChI is InChI=1S/C21H17NO2/c23-21(14-15-24-20-12-5-2-6-13-20)22-19-11-7-10-18(16-19)17-8-3-1-4-9-17/h1-16H,(H,22,23). The predicted molar refractivity (Wildman–Crippen MR) is 96.7 cm³/mol. The maximum Gasteiger partial charge on any atom is 0.251 e.